The van der Waals surface area contributed by atoms with Gasteiger partial charge in [-0.05, 0) is 77.4 Å². The lowest BCUT2D eigenvalue weighted by Crippen LogP contribution is -2.28. The molecule has 0 fully saturated rings. The van der Waals surface area contributed by atoms with Crippen LogP contribution in [0.3, 0.4) is 0 Å². The monoisotopic (exact) mass is 623 g/mol. The highest BCUT2D eigenvalue weighted by Gasteiger charge is 2.14. The van der Waals surface area contributed by atoms with Gasteiger partial charge in [0.05, 0.1) is 0 Å². The Bertz CT molecular complexity index is 626. The fourth-order valence-corrected chi connectivity index (χ4v) is 5.96. The quantitative estimate of drug-likeness (QED) is 0.0432. The fourth-order valence-electron chi connectivity index (χ4n) is 5.96. The number of nitrogens with one attached hydrogen (secondary N) is 1. The predicted octanol–water partition coefficient (Wildman–Crippen LogP) is 10.1. The summed E-state index contributed by atoms with van der Waals surface area (Å²) in [5, 5.41) is 2.72. The number of amides is 1. The number of aldehydes is 1. The van der Waals surface area contributed by atoms with Crippen LogP contribution in [0.4, 0.5) is 0 Å². The standard InChI is InChI=1S/C38H74N2O4/c1-4-6-8-10-15-21-28-36(29-22-16-11-9-7-5-2)44-38(43)31-23-17-14-19-25-33-40(34-27-30-37(42)39-3)32-24-18-12-13-20-26-35-41/h35-36H,4-34H2,1-3H3,(H,39,42). The van der Waals surface area contributed by atoms with Gasteiger partial charge in [0.1, 0.15) is 12.4 Å². The van der Waals surface area contributed by atoms with Gasteiger partial charge in [-0.25, -0.2) is 0 Å². The number of unbranched alkanes of at least 4 members (excludes halogenated alkanes) is 19. The van der Waals surface area contributed by atoms with E-state index in [0.717, 1.165) is 77.3 Å². The highest BCUT2D eigenvalue weighted by atomic mass is 16.5. The zero-order chi connectivity index (χ0) is 32.4. The number of hydrogen-bond acceptors (Lipinski definition) is 5. The summed E-state index contributed by atoms with van der Waals surface area (Å²) in [4.78, 5) is 37.3. The summed E-state index contributed by atoms with van der Waals surface area (Å²) in [6.45, 7) is 7.66. The van der Waals surface area contributed by atoms with Gasteiger partial charge in [-0.3, -0.25) is 9.59 Å². The Morgan fingerprint density at radius 3 is 1.57 bits per heavy atom. The van der Waals surface area contributed by atoms with Crippen molar-refractivity contribution in [3.05, 3.63) is 0 Å². The molecule has 0 aliphatic carbocycles. The number of carbonyl (C=O) groups is 3. The molecule has 0 heterocycles. The van der Waals surface area contributed by atoms with E-state index in [-0.39, 0.29) is 18.0 Å². The minimum atomic E-state index is 0.0143. The largest absolute Gasteiger partial charge is 0.462 e. The van der Waals surface area contributed by atoms with Crippen LogP contribution in [0.2, 0.25) is 0 Å². The molecule has 6 nitrogen and oxygen atoms in total. The van der Waals surface area contributed by atoms with Gasteiger partial charge < -0.3 is 19.7 Å². The number of ether oxygens (including phenoxy) is 1. The summed E-state index contributed by atoms with van der Waals surface area (Å²) in [7, 11) is 1.70. The van der Waals surface area contributed by atoms with Crippen LogP contribution in [0.25, 0.3) is 0 Å². The summed E-state index contributed by atoms with van der Waals surface area (Å²) < 4.78 is 6.01. The van der Waals surface area contributed by atoms with Crippen molar-refractivity contribution in [2.45, 2.75) is 200 Å². The summed E-state index contributed by atoms with van der Waals surface area (Å²) >= 11 is 0. The molecule has 0 aromatic carbocycles. The van der Waals surface area contributed by atoms with Crippen LogP contribution in [0.5, 0.6) is 0 Å². The first kappa shape index (κ1) is 42.6. The SMILES string of the molecule is CCCCCCCCC(CCCCCCCC)OC(=O)CCCCCCCN(CCCCCCCC=O)CCCC(=O)NC. The van der Waals surface area contributed by atoms with Crippen molar-refractivity contribution in [2.24, 2.45) is 0 Å². The third-order valence-electron chi connectivity index (χ3n) is 8.87. The van der Waals surface area contributed by atoms with Gasteiger partial charge in [0, 0.05) is 26.3 Å². The maximum atomic E-state index is 12.7. The van der Waals surface area contributed by atoms with Crippen molar-refractivity contribution in [3.8, 4) is 0 Å². The van der Waals surface area contributed by atoms with Gasteiger partial charge in [-0.1, -0.05) is 117 Å². The van der Waals surface area contributed by atoms with E-state index < -0.39 is 0 Å². The number of rotatable bonds is 35. The average molecular weight is 623 g/mol. The molecule has 0 radical (unpaired) electrons. The molecule has 0 aromatic heterocycles. The molecular formula is C38H74N2O4. The van der Waals surface area contributed by atoms with Crippen LogP contribution in [-0.2, 0) is 19.1 Å². The Kier molecular flexibility index (Phi) is 33.3. The third-order valence-corrected chi connectivity index (χ3v) is 8.87. The highest BCUT2D eigenvalue weighted by molar-refractivity contribution is 5.75. The molecule has 0 saturated heterocycles. The van der Waals surface area contributed by atoms with Gasteiger partial charge in [0.15, 0.2) is 0 Å². The maximum absolute atomic E-state index is 12.7. The molecular weight excluding hydrogens is 548 g/mol. The van der Waals surface area contributed by atoms with Gasteiger partial charge >= 0.3 is 5.97 Å². The average Bonchev–Trinajstić information content (AvgIpc) is 3.02. The van der Waals surface area contributed by atoms with E-state index in [0.29, 0.717) is 19.3 Å². The minimum absolute atomic E-state index is 0.0143. The van der Waals surface area contributed by atoms with E-state index in [9.17, 15) is 14.4 Å². The van der Waals surface area contributed by atoms with Gasteiger partial charge in [0.25, 0.3) is 0 Å². The summed E-state index contributed by atoms with van der Waals surface area (Å²) in [5.74, 6) is 0.134. The van der Waals surface area contributed by atoms with E-state index in [1.54, 1.807) is 7.05 Å². The van der Waals surface area contributed by atoms with Gasteiger partial charge in [-0.15, -0.1) is 0 Å². The topological polar surface area (TPSA) is 75.7 Å². The molecule has 1 amide bonds. The van der Waals surface area contributed by atoms with Crippen LogP contribution in [-0.4, -0.2) is 55.8 Å². The Morgan fingerprint density at radius 2 is 1.05 bits per heavy atom. The molecule has 0 bridgehead atoms. The molecule has 6 heteroatoms. The lowest BCUT2D eigenvalue weighted by molar-refractivity contribution is -0.150. The van der Waals surface area contributed by atoms with Crippen molar-refractivity contribution >= 4 is 18.2 Å². The zero-order valence-electron chi connectivity index (χ0n) is 29.7. The van der Waals surface area contributed by atoms with Crippen LogP contribution in [0, 0.1) is 0 Å². The minimum Gasteiger partial charge on any atom is -0.462 e. The van der Waals surface area contributed by atoms with E-state index in [2.05, 4.69) is 24.1 Å². The maximum Gasteiger partial charge on any atom is 0.306 e. The highest BCUT2D eigenvalue weighted by Crippen LogP contribution is 2.18. The molecule has 0 saturated carbocycles. The van der Waals surface area contributed by atoms with Crippen molar-refractivity contribution in [2.75, 3.05) is 26.7 Å². The summed E-state index contributed by atoms with van der Waals surface area (Å²) in [5.41, 5.74) is 0. The number of esters is 1. The second-order valence-corrected chi connectivity index (χ2v) is 13.1. The Labute approximate surface area is 273 Å². The number of hydrogen-bond donors (Lipinski definition) is 1. The molecule has 0 rings (SSSR count). The van der Waals surface area contributed by atoms with E-state index in [4.69, 9.17) is 4.74 Å². The first-order chi connectivity index (χ1) is 21.6. The second kappa shape index (κ2) is 34.4. The molecule has 0 atom stereocenters. The molecule has 44 heavy (non-hydrogen) atoms. The normalized spacial score (nSPS) is 11.4. The zero-order valence-corrected chi connectivity index (χ0v) is 29.7. The van der Waals surface area contributed by atoms with Crippen LogP contribution in [0.1, 0.15) is 194 Å². The first-order valence-electron chi connectivity index (χ1n) is 19.1. The van der Waals surface area contributed by atoms with Gasteiger partial charge in [-0.2, -0.15) is 0 Å². The molecule has 0 aromatic rings. The molecule has 1 N–H and O–H groups in total. The van der Waals surface area contributed by atoms with Crippen LogP contribution >= 0.6 is 0 Å². The molecule has 0 spiro atoms. The Morgan fingerprint density at radius 1 is 0.591 bits per heavy atom. The third kappa shape index (κ3) is 30.6. The Balaban J connectivity index is 4.26. The van der Waals surface area contributed by atoms with Crippen molar-refractivity contribution in [1.29, 1.82) is 0 Å². The van der Waals surface area contributed by atoms with E-state index >= 15 is 0 Å². The summed E-state index contributed by atoms with van der Waals surface area (Å²) in [6, 6.07) is 0. The molecule has 0 aliphatic rings. The molecule has 0 aliphatic heterocycles. The van der Waals surface area contributed by atoms with Crippen molar-refractivity contribution in [1.82, 2.24) is 10.2 Å². The molecule has 260 valence electrons. The smallest absolute Gasteiger partial charge is 0.306 e. The van der Waals surface area contributed by atoms with Crippen LogP contribution < -0.4 is 5.32 Å². The van der Waals surface area contributed by atoms with Crippen LogP contribution in [0.15, 0.2) is 0 Å². The summed E-state index contributed by atoms with van der Waals surface area (Å²) in [6.07, 6.45) is 32.6. The van der Waals surface area contributed by atoms with Crippen molar-refractivity contribution in [3.63, 3.8) is 0 Å². The number of carbonyl (C=O) groups excluding carboxylic acids is 3. The number of nitrogens with zero attached hydrogens (tertiary/aromatic N) is 1. The second-order valence-electron chi connectivity index (χ2n) is 13.1. The van der Waals surface area contributed by atoms with E-state index in [1.807, 2.05) is 0 Å². The predicted molar refractivity (Wildman–Crippen MR) is 187 cm³/mol. The van der Waals surface area contributed by atoms with E-state index in [1.165, 1.54) is 109 Å². The van der Waals surface area contributed by atoms with Gasteiger partial charge in [0.2, 0.25) is 5.91 Å². The Hall–Kier alpha value is -1.43. The lowest BCUT2D eigenvalue weighted by Gasteiger charge is -2.22. The lowest BCUT2D eigenvalue weighted by atomic mass is 10.0. The first-order valence-corrected chi connectivity index (χ1v) is 19.1. The van der Waals surface area contributed by atoms with Crippen molar-refractivity contribution < 1.29 is 19.1 Å². The molecule has 0 unspecified atom stereocenters. The fraction of sp³-hybridized carbons (Fsp3) is 0.921.